The number of nitrogens with one attached hydrogen (secondary N) is 1. The number of halogens is 2. The van der Waals surface area contributed by atoms with Crippen molar-refractivity contribution in [2.75, 3.05) is 18.4 Å². The predicted molar refractivity (Wildman–Crippen MR) is 103 cm³/mol. The molecule has 0 spiro atoms. The second-order valence-electron chi connectivity index (χ2n) is 5.44. The Labute approximate surface area is 158 Å². The molecule has 0 radical (unpaired) electrons. The second-order valence-corrected chi connectivity index (χ2v) is 7.15. The summed E-state index contributed by atoms with van der Waals surface area (Å²) in [5, 5.41) is 11.9. The predicted octanol–water partition coefficient (Wildman–Crippen LogP) is 4.48. The normalized spacial score (nSPS) is 10.5. The second kappa shape index (κ2) is 8.97. The maximum Gasteiger partial charge on any atom is 0.238 e. The van der Waals surface area contributed by atoms with Gasteiger partial charge in [0.1, 0.15) is 0 Å². The van der Waals surface area contributed by atoms with Gasteiger partial charge in [-0.25, -0.2) is 0 Å². The lowest BCUT2D eigenvalue weighted by molar-refractivity contribution is -0.117. The van der Waals surface area contributed by atoms with Gasteiger partial charge in [-0.2, -0.15) is 5.26 Å². The minimum Gasteiger partial charge on any atom is -0.323 e. The molecule has 124 valence electrons. The molecule has 2 rings (SSSR count). The third kappa shape index (κ3) is 5.45. The average Bonchev–Trinajstić information content (AvgIpc) is 2.52. The lowest BCUT2D eigenvalue weighted by Gasteiger charge is -2.19. The van der Waals surface area contributed by atoms with Crippen molar-refractivity contribution in [1.82, 2.24) is 4.90 Å². The fourth-order valence-electron chi connectivity index (χ4n) is 2.31. The van der Waals surface area contributed by atoms with Gasteiger partial charge < -0.3 is 5.32 Å². The fourth-order valence-corrected chi connectivity index (χ4v) is 3.92. The Hall–Kier alpha value is -1.68. The highest BCUT2D eigenvalue weighted by Gasteiger charge is 2.14. The number of hydrogen-bond donors (Lipinski definition) is 1. The van der Waals surface area contributed by atoms with Gasteiger partial charge in [-0.05, 0) is 62.0 Å². The SMILES string of the molecule is Cc1cc(Br)c(NC(=O)CN(CC#N)Cc2ccccc2)c(Br)c1. The molecule has 0 bridgehead atoms. The first kappa shape index (κ1) is 18.7. The van der Waals surface area contributed by atoms with Crippen LogP contribution in [0.4, 0.5) is 5.69 Å². The Morgan fingerprint density at radius 1 is 1.21 bits per heavy atom. The molecule has 2 aromatic carbocycles. The molecule has 0 saturated heterocycles. The third-order valence-corrected chi connectivity index (χ3v) is 4.61. The summed E-state index contributed by atoms with van der Waals surface area (Å²) in [6, 6.07) is 15.8. The minimum absolute atomic E-state index is 0.148. The Morgan fingerprint density at radius 3 is 2.42 bits per heavy atom. The Kier molecular flexibility index (Phi) is 6.98. The highest BCUT2D eigenvalue weighted by atomic mass is 79.9. The van der Waals surface area contributed by atoms with E-state index < -0.39 is 0 Å². The number of nitriles is 1. The first-order valence-electron chi connectivity index (χ1n) is 7.38. The Bertz CT molecular complexity index is 734. The van der Waals surface area contributed by atoms with E-state index >= 15 is 0 Å². The summed E-state index contributed by atoms with van der Waals surface area (Å²) in [4.78, 5) is 14.2. The van der Waals surface area contributed by atoms with Crippen molar-refractivity contribution in [3.05, 3.63) is 62.5 Å². The minimum atomic E-state index is -0.161. The first-order valence-corrected chi connectivity index (χ1v) is 8.97. The number of benzene rings is 2. The van der Waals surface area contributed by atoms with Crippen LogP contribution in [-0.2, 0) is 11.3 Å². The van der Waals surface area contributed by atoms with E-state index in [1.54, 1.807) is 4.90 Å². The molecule has 2 aromatic rings. The van der Waals surface area contributed by atoms with Crippen LogP contribution in [0.25, 0.3) is 0 Å². The van der Waals surface area contributed by atoms with Crippen LogP contribution in [0.5, 0.6) is 0 Å². The summed E-state index contributed by atoms with van der Waals surface area (Å²) in [6.07, 6.45) is 0. The van der Waals surface area contributed by atoms with Crippen molar-refractivity contribution in [2.45, 2.75) is 13.5 Å². The van der Waals surface area contributed by atoms with Gasteiger partial charge in [0.25, 0.3) is 0 Å². The molecule has 24 heavy (non-hydrogen) atoms. The van der Waals surface area contributed by atoms with Gasteiger partial charge in [-0.3, -0.25) is 9.69 Å². The first-order chi connectivity index (χ1) is 11.5. The zero-order chi connectivity index (χ0) is 17.5. The Balaban J connectivity index is 2.05. The van der Waals surface area contributed by atoms with E-state index in [0.717, 1.165) is 20.1 Å². The number of carbonyl (C=O) groups excluding carboxylic acids is 1. The molecule has 6 heteroatoms. The van der Waals surface area contributed by atoms with Crippen LogP contribution in [0.3, 0.4) is 0 Å². The van der Waals surface area contributed by atoms with E-state index in [9.17, 15) is 4.79 Å². The van der Waals surface area contributed by atoms with E-state index in [4.69, 9.17) is 5.26 Å². The van der Waals surface area contributed by atoms with Crippen LogP contribution >= 0.6 is 31.9 Å². The van der Waals surface area contributed by atoms with Crippen molar-refractivity contribution in [3.8, 4) is 6.07 Å². The van der Waals surface area contributed by atoms with Crippen molar-refractivity contribution >= 4 is 43.5 Å². The van der Waals surface area contributed by atoms with Gasteiger partial charge in [0, 0.05) is 15.5 Å². The van der Waals surface area contributed by atoms with Crippen LogP contribution in [0.1, 0.15) is 11.1 Å². The van der Waals surface area contributed by atoms with Gasteiger partial charge in [0.2, 0.25) is 5.91 Å². The highest BCUT2D eigenvalue weighted by Crippen LogP contribution is 2.32. The molecule has 0 unspecified atom stereocenters. The van der Waals surface area contributed by atoms with E-state index in [1.807, 2.05) is 49.4 Å². The molecular formula is C18H17Br2N3O. The molecule has 0 saturated carbocycles. The molecule has 1 N–H and O–H groups in total. The molecule has 0 aliphatic rings. The van der Waals surface area contributed by atoms with E-state index in [1.165, 1.54) is 0 Å². The number of nitrogens with zero attached hydrogens (tertiary/aromatic N) is 2. The number of carbonyl (C=O) groups is 1. The van der Waals surface area contributed by atoms with Gasteiger partial charge in [-0.1, -0.05) is 30.3 Å². The number of anilines is 1. The van der Waals surface area contributed by atoms with E-state index in [-0.39, 0.29) is 19.0 Å². The van der Waals surface area contributed by atoms with Crippen LogP contribution in [0.15, 0.2) is 51.4 Å². The monoisotopic (exact) mass is 449 g/mol. The molecule has 1 amide bonds. The summed E-state index contributed by atoms with van der Waals surface area (Å²) in [6.45, 7) is 2.88. The molecule has 0 aromatic heterocycles. The van der Waals surface area contributed by atoms with Crippen LogP contribution in [0.2, 0.25) is 0 Å². The fraction of sp³-hybridized carbons (Fsp3) is 0.222. The maximum atomic E-state index is 12.4. The van der Waals surface area contributed by atoms with E-state index in [2.05, 4.69) is 43.2 Å². The standard InChI is InChI=1S/C18H17Br2N3O/c1-13-9-15(19)18(16(20)10-13)22-17(24)12-23(8-7-21)11-14-5-3-2-4-6-14/h2-6,9-10H,8,11-12H2,1H3,(H,22,24). The highest BCUT2D eigenvalue weighted by molar-refractivity contribution is 9.11. The van der Waals surface area contributed by atoms with Crippen molar-refractivity contribution in [1.29, 1.82) is 5.26 Å². The van der Waals surface area contributed by atoms with Gasteiger partial charge >= 0.3 is 0 Å². The van der Waals surface area contributed by atoms with Crippen LogP contribution in [-0.4, -0.2) is 23.9 Å². The molecular weight excluding hydrogens is 434 g/mol. The maximum absolute atomic E-state index is 12.4. The largest absolute Gasteiger partial charge is 0.323 e. The summed E-state index contributed by atoms with van der Waals surface area (Å²) in [5.41, 5.74) is 2.85. The van der Waals surface area contributed by atoms with E-state index in [0.29, 0.717) is 12.2 Å². The molecule has 4 nitrogen and oxygen atoms in total. The van der Waals surface area contributed by atoms with Crippen molar-refractivity contribution in [3.63, 3.8) is 0 Å². The summed E-state index contributed by atoms with van der Waals surface area (Å²) >= 11 is 6.93. The smallest absolute Gasteiger partial charge is 0.238 e. The zero-order valence-electron chi connectivity index (χ0n) is 13.2. The Morgan fingerprint density at radius 2 is 1.83 bits per heavy atom. The van der Waals surface area contributed by atoms with Crippen molar-refractivity contribution < 1.29 is 4.79 Å². The number of amides is 1. The third-order valence-electron chi connectivity index (χ3n) is 3.36. The molecule has 0 heterocycles. The lowest BCUT2D eigenvalue weighted by atomic mass is 10.2. The van der Waals surface area contributed by atoms with Crippen LogP contribution < -0.4 is 5.32 Å². The van der Waals surface area contributed by atoms with Gasteiger partial charge in [-0.15, -0.1) is 0 Å². The summed E-state index contributed by atoms with van der Waals surface area (Å²) in [5.74, 6) is -0.161. The summed E-state index contributed by atoms with van der Waals surface area (Å²) < 4.78 is 1.63. The number of hydrogen-bond acceptors (Lipinski definition) is 3. The summed E-state index contributed by atoms with van der Waals surface area (Å²) in [7, 11) is 0. The number of aryl methyl sites for hydroxylation is 1. The average molecular weight is 451 g/mol. The molecule has 0 aliphatic carbocycles. The quantitative estimate of drug-likeness (QED) is 0.660. The van der Waals surface area contributed by atoms with Crippen molar-refractivity contribution in [2.24, 2.45) is 0 Å². The van der Waals surface area contributed by atoms with Gasteiger partial charge in [0.05, 0.1) is 24.8 Å². The molecule has 0 atom stereocenters. The topological polar surface area (TPSA) is 56.1 Å². The number of rotatable bonds is 6. The van der Waals surface area contributed by atoms with Gasteiger partial charge in [0.15, 0.2) is 0 Å². The lowest BCUT2D eigenvalue weighted by Crippen LogP contribution is -2.33. The zero-order valence-corrected chi connectivity index (χ0v) is 16.4. The molecule has 0 fully saturated rings. The van der Waals surface area contributed by atoms with Crippen LogP contribution in [0, 0.1) is 18.3 Å². The molecule has 0 aliphatic heterocycles.